The zero-order valence-electron chi connectivity index (χ0n) is 14.8. The first-order valence-electron chi connectivity index (χ1n) is 9.22. The highest BCUT2D eigenvalue weighted by molar-refractivity contribution is 7.91. The third kappa shape index (κ3) is 5.37. The molecule has 3 fully saturated rings. The molecule has 1 N–H and O–H groups in total. The van der Waals surface area contributed by atoms with Crippen molar-refractivity contribution in [3.8, 4) is 0 Å². The molecule has 0 saturated carbocycles. The van der Waals surface area contributed by atoms with E-state index in [4.69, 9.17) is 0 Å². The fraction of sp³-hybridized carbons (Fsp3) is 0.938. The molecule has 1 amide bonds. The van der Waals surface area contributed by atoms with Gasteiger partial charge in [0, 0.05) is 71.5 Å². The molecule has 3 saturated heterocycles. The maximum atomic E-state index is 11.6. The fourth-order valence-corrected chi connectivity index (χ4v) is 5.84. The number of nitrogens with zero attached hydrogens (tertiary/aromatic N) is 4. The minimum Gasteiger partial charge on any atom is -0.390 e. The predicted molar refractivity (Wildman–Crippen MR) is 95.2 cm³/mol. The standard InChI is InChI=1S/C16H30N4O4S/c21-14-19-4-2-17(3-5-19)11-16(22)12-18-6-8-20(9-7-18)15-1-10-25(23,24)13-15/h14-16,22H,1-13H2/t15-,16+/m0/s1. The monoisotopic (exact) mass is 374 g/mol. The maximum Gasteiger partial charge on any atom is 0.209 e. The Morgan fingerprint density at radius 1 is 0.960 bits per heavy atom. The molecular formula is C16H30N4O4S. The predicted octanol–water partition coefficient (Wildman–Crippen LogP) is -2.07. The molecule has 3 aliphatic heterocycles. The van der Waals surface area contributed by atoms with Crippen LogP contribution in [-0.2, 0) is 14.6 Å². The second-order valence-electron chi connectivity index (χ2n) is 7.49. The summed E-state index contributed by atoms with van der Waals surface area (Å²) in [7, 11) is -2.83. The van der Waals surface area contributed by atoms with Crippen molar-refractivity contribution in [2.75, 3.05) is 77.0 Å². The molecule has 9 heteroatoms. The second kappa shape index (κ2) is 8.30. The third-order valence-corrected chi connectivity index (χ3v) is 7.38. The van der Waals surface area contributed by atoms with Gasteiger partial charge in [-0.1, -0.05) is 0 Å². The van der Waals surface area contributed by atoms with E-state index in [1.807, 2.05) is 0 Å². The van der Waals surface area contributed by atoms with Crippen molar-refractivity contribution in [2.45, 2.75) is 18.6 Å². The molecule has 0 spiro atoms. The summed E-state index contributed by atoms with van der Waals surface area (Å²) in [6, 6.07) is 0.186. The van der Waals surface area contributed by atoms with Crippen LogP contribution in [0.4, 0.5) is 0 Å². The lowest BCUT2D eigenvalue weighted by molar-refractivity contribution is -0.119. The van der Waals surface area contributed by atoms with Crippen LogP contribution in [0.25, 0.3) is 0 Å². The smallest absolute Gasteiger partial charge is 0.209 e. The van der Waals surface area contributed by atoms with E-state index >= 15 is 0 Å². The van der Waals surface area contributed by atoms with Gasteiger partial charge in [0.05, 0.1) is 17.6 Å². The van der Waals surface area contributed by atoms with Crippen molar-refractivity contribution >= 4 is 16.2 Å². The van der Waals surface area contributed by atoms with Crippen molar-refractivity contribution in [2.24, 2.45) is 0 Å². The highest BCUT2D eigenvalue weighted by atomic mass is 32.2. The van der Waals surface area contributed by atoms with E-state index in [1.54, 1.807) is 4.90 Å². The molecule has 0 unspecified atom stereocenters. The van der Waals surface area contributed by atoms with Crippen LogP contribution in [0.5, 0.6) is 0 Å². The Morgan fingerprint density at radius 2 is 1.52 bits per heavy atom. The highest BCUT2D eigenvalue weighted by Gasteiger charge is 2.33. The summed E-state index contributed by atoms with van der Waals surface area (Å²) in [6.45, 7) is 7.94. The number of amides is 1. The molecule has 0 radical (unpaired) electrons. The quantitative estimate of drug-likeness (QED) is 0.535. The van der Waals surface area contributed by atoms with Gasteiger partial charge in [-0.3, -0.25) is 19.5 Å². The molecule has 2 atom stereocenters. The molecule has 8 nitrogen and oxygen atoms in total. The molecule has 0 aromatic carbocycles. The summed E-state index contributed by atoms with van der Waals surface area (Å²) in [4.78, 5) is 19.3. The van der Waals surface area contributed by atoms with Gasteiger partial charge in [0.25, 0.3) is 0 Å². The van der Waals surface area contributed by atoms with Gasteiger partial charge in [-0.15, -0.1) is 0 Å². The number of aliphatic hydroxyl groups is 1. The van der Waals surface area contributed by atoms with Crippen LogP contribution >= 0.6 is 0 Å². The van der Waals surface area contributed by atoms with Gasteiger partial charge in [0.2, 0.25) is 6.41 Å². The van der Waals surface area contributed by atoms with Gasteiger partial charge in [-0.2, -0.15) is 0 Å². The van der Waals surface area contributed by atoms with Gasteiger partial charge >= 0.3 is 0 Å². The van der Waals surface area contributed by atoms with Gasteiger partial charge in [-0.05, 0) is 6.42 Å². The summed E-state index contributed by atoms with van der Waals surface area (Å²) in [6.07, 6.45) is 1.27. The van der Waals surface area contributed by atoms with Crippen LogP contribution in [0.3, 0.4) is 0 Å². The van der Waals surface area contributed by atoms with Crippen molar-refractivity contribution in [1.82, 2.24) is 19.6 Å². The summed E-state index contributed by atoms with van der Waals surface area (Å²) in [5, 5.41) is 10.4. The van der Waals surface area contributed by atoms with Gasteiger partial charge < -0.3 is 10.0 Å². The number of rotatable bonds is 6. The number of aliphatic hydroxyl groups excluding tert-OH is 1. The van der Waals surface area contributed by atoms with E-state index in [0.29, 0.717) is 24.6 Å². The number of hydrogen-bond acceptors (Lipinski definition) is 7. The maximum absolute atomic E-state index is 11.6. The van der Waals surface area contributed by atoms with Crippen LogP contribution < -0.4 is 0 Å². The first-order chi connectivity index (χ1) is 11.9. The Hall–Kier alpha value is -0.740. The number of piperazine rings is 2. The highest BCUT2D eigenvalue weighted by Crippen LogP contribution is 2.19. The number of carbonyl (C=O) groups excluding carboxylic acids is 1. The third-order valence-electron chi connectivity index (χ3n) is 5.63. The van der Waals surface area contributed by atoms with Gasteiger partial charge in [-0.25, -0.2) is 8.42 Å². The molecule has 0 bridgehead atoms. The summed E-state index contributed by atoms with van der Waals surface area (Å²) in [5.41, 5.74) is 0. The minimum atomic E-state index is -2.83. The van der Waals surface area contributed by atoms with Crippen LogP contribution in [0.2, 0.25) is 0 Å². The van der Waals surface area contributed by atoms with Crippen LogP contribution in [-0.4, -0.2) is 129 Å². The van der Waals surface area contributed by atoms with E-state index in [2.05, 4.69) is 14.7 Å². The number of carbonyl (C=O) groups is 1. The van der Waals surface area contributed by atoms with Crippen molar-refractivity contribution in [1.29, 1.82) is 0 Å². The lowest BCUT2D eigenvalue weighted by Crippen LogP contribution is -2.54. The van der Waals surface area contributed by atoms with Crippen LogP contribution in [0.1, 0.15) is 6.42 Å². The van der Waals surface area contributed by atoms with Gasteiger partial charge in [0.15, 0.2) is 9.84 Å². The average Bonchev–Trinajstić information content (AvgIpc) is 2.96. The van der Waals surface area contributed by atoms with E-state index in [1.165, 1.54) is 0 Å². The second-order valence-corrected chi connectivity index (χ2v) is 9.72. The molecular weight excluding hydrogens is 344 g/mol. The van der Waals surface area contributed by atoms with Gasteiger partial charge in [0.1, 0.15) is 0 Å². The van der Waals surface area contributed by atoms with Crippen LogP contribution in [0, 0.1) is 0 Å². The SMILES string of the molecule is O=CN1CCN(C[C@@H](O)CN2CCN([C@H]3CCS(=O)(=O)C3)CC2)CC1. The molecule has 3 rings (SSSR count). The Morgan fingerprint density at radius 3 is 2.00 bits per heavy atom. The molecule has 0 aliphatic carbocycles. The summed E-state index contributed by atoms with van der Waals surface area (Å²) in [5.74, 6) is 0.635. The Bertz CT molecular complexity index is 542. The molecule has 0 aromatic heterocycles. The summed E-state index contributed by atoms with van der Waals surface area (Å²) >= 11 is 0. The van der Waals surface area contributed by atoms with Crippen molar-refractivity contribution < 1.29 is 18.3 Å². The number of β-amino-alcohol motifs (C(OH)–C–C–N with tert-alkyl or cyclic N) is 1. The van der Waals surface area contributed by atoms with E-state index in [9.17, 15) is 18.3 Å². The average molecular weight is 375 g/mol. The number of sulfone groups is 1. The zero-order valence-corrected chi connectivity index (χ0v) is 15.6. The lowest BCUT2D eigenvalue weighted by Gasteiger charge is -2.39. The summed E-state index contributed by atoms with van der Waals surface area (Å²) < 4.78 is 23.3. The van der Waals surface area contributed by atoms with E-state index in [0.717, 1.165) is 65.2 Å². The molecule has 3 aliphatic rings. The van der Waals surface area contributed by atoms with E-state index in [-0.39, 0.29) is 12.1 Å². The fourth-order valence-electron chi connectivity index (χ4n) is 4.08. The molecule has 144 valence electrons. The number of hydrogen-bond donors (Lipinski definition) is 1. The zero-order chi connectivity index (χ0) is 17.9. The van der Waals surface area contributed by atoms with Crippen LogP contribution in [0.15, 0.2) is 0 Å². The first-order valence-corrected chi connectivity index (χ1v) is 11.0. The Balaban J connectivity index is 1.35. The first kappa shape index (κ1) is 19.0. The van der Waals surface area contributed by atoms with Crippen molar-refractivity contribution in [3.63, 3.8) is 0 Å². The largest absolute Gasteiger partial charge is 0.390 e. The minimum absolute atomic E-state index is 0.186. The normalized spacial score (nSPS) is 30.4. The van der Waals surface area contributed by atoms with Crippen molar-refractivity contribution in [3.05, 3.63) is 0 Å². The lowest BCUT2D eigenvalue weighted by atomic mass is 10.2. The Kier molecular flexibility index (Phi) is 6.32. The topological polar surface area (TPSA) is 84.4 Å². The van der Waals surface area contributed by atoms with E-state index < -0.39 is 9.84 Å². The Labute approximate surface area is 150 Å². The molecule has 25 heavy (non-hydrogen) atoms. The molecule has 3 heterocycles. The molecule has 0 aromatic rings.